The third kappa shape index (κ3) is 4.11. The smallest absolute Gasteiger partial charge is 0.221 e. The van der Waals surface area contributed by atoms with Gasteiger partial charge < -0.3 is 20.7 Å². The Hall–Kier alpha value is -3.03. The SMILES string of the molecule is CO[C@@H]1CN(c2ccnc(N)n2)C[C@@H]1NCc1cccc(-c2ccncc2)c1. The maximum atomic E-state index is 5.73. The van der Waals surface area contributed by atoms with Crippen molar-refractivity contribution in [2.75, 3.05) is 30.8 Å². The maximum absolute atomic E-state index is 5.73. The number of nitrogens with zero attached hydrogens (tertiary/aromatic N) is 4. The highest BCUT2D eigenvalue weighted by Gasteiger charge is 2.33. The summed E-state index contributed by atoms with van der Waals surface area (Å²) < 4.78 is 5.70. The van der Waals surface area contributed by atoms with Gasteiger partial charge in [0.15, 0.2) is 0 Å². The molecule has 7 heteroatoms. The number of benzene rings is 1. The maximum Gasteiger partial charge on any atom is 0.221 e. The molecule has 28 heavy (non-hydrogen) atoms. The molecule has 7 nitrogen and oxygen atoms in total. The Bertz CT molecular complexity index is 920. The van der Waals surface area contributed by atoms with Gasteiger partial charge in [0.05, 0.1) is 12.1 Å². The van der Waals surface area contributed by atoms with Gasteiger partial charge in [-0.15, -0.1) is 0 Å². The molecule has 0 aliphatic carbocycles. The fraction of sp³-hybridized carbons (Fsp3) is 0.286. The molecule has 2 atom stereocenters. The van der Waals surface area contributed by atoms with Crippen molar-refractivity contribution in [1.82, 2.24) is 20.3 Å². The van der Waals surface area contributed by atoms with E-state index >= 15 is 0 Å². The third-order valence-corrected chi connectivity index (χ3v) is 5.06. The van der Waals surface area contributed by atoms with Gasteiger partial charge in [-0.2, -0.15) is 4.98 Å². The molecule has 3 N–H and O–H groups in total. The van der Waals surface area contributed by atoms with Crippen LogP contribution >= 0.6 is 0 Å². The fourth-order valence-corrected chi connectivity index (χ4v) is 3.59. The molecule has 0 bridgehead atoms. The van der Waals surface area contributed by atoms with Crippen LogP contribution in [0.5, 0.6) is 0 Å². The zero-order valence-electron chi connectivity index (χ0n) is 15.8. The topological polar surface area (TPSA) is 89.2 Å². The van der Waals surface area contributed by atoms with Crippen LogP contribution in [0.25, 0.3) is 11.1 Å². The van der Waals surface area contributed by atoms with Gasteiger partial charge in [0.2, 0.25) is 5.95 Å². The molecule has 1 aromatic carbocycles. The lowest BCUT2D eigenvalue weighted by atomic mass is 10.0. The molecule has 3 heterocycles. The number of hydrogen-bond donors (Lipinski definition) is 2. The minimum absolute atomic E-state index is 0.0829. The van der Waals surface area contributed by atoms with Crippen LogP contribution in [0.4, 0.5) is 11.8 Å². The summed E-state index contributed by atoms with van der Waals surface area (Å²) >= 11 is 0. The summed E-state index contributed by atoms with van der Waals surface area (Å²) in [6.45, 7) is 2.34. The Kier molecular flexibility index (Phi) is 5.45. The van der Waals surface area contributed by atoms with Crippen LogP contribution in [0.1, 0.15) is 5.56 Å². The van der Waals surface area contributed by atoms with E-state index in [1.165, 1.54) is 16.7 Å². The summed E-state index contributed by atoms with van der Waals surface area (Å²) in [6, 6.07) is 14.7. The molecule has 0 amide bonds. The van der Waals surface area contributed by atoms with Gasteiger partial charge in [-0.25, -0.2) is 4.98 Å². The second-order valence-electron chi connectivity index (χ2n) is 6.88. The number of hydrogen-bond acceptors (Lipinski definition) is 7. The highest BCUT2D eigenvalue weighted by atomic mass is 16.5. The normalized spacial score (nSPS) is 19.1. The summed E-state index contributed by atoms with van der Waals surface area (Å²) in [4.78, 5) is 14.6. The summed E-state index contributed by atoms with van der Waals surface area (Å²) in [5.41, 5.74) is 9.31. The van der Waals surface area contributed by atoms with E-state index in [0.717, 1.165) is 25.5 Å². The zero-order valence-corrected chi connectivity index (χ0v) is 15.8. The Morgan fingerprint density at radius 3 is 2.75 bits per heavy atom. The summed E-state index contributed by atoms with van der Waals surface area (Å²) in [5.74, 6) is 1.12. The van der Waals surface area contributed by atoms with Crippen molar-refractivity contribution in [2.24, 2.45) is 0 Å². The number of anilines is 2. The van der Waals surface area contributed by atoms with Gasteiger partial charge >= 0.3 is 0 Å². The Morgan fingerprint density at radius 1 is 1.11 bits per heavy atom. The van der Waals surface area contributed by atoms with Gasteiger partial charge in [-0.1, -0.05) is 18.2 Å². The number of nitrogens with one attached hydrogen (secondary N) is 1. The van der Waals surface area contributed by atoms with Gasteiger partial charge in [-0.05, 0) is 41.0 Å². The molecule has 1 fully saturated rings. The number of nitrogens with two attached hydrogens (primary N) is 1. The molecule has 1 aliphatic rings. The van der Waals surface area contributed by atoms with Crippen LogP contribution < -0.4 is 16.0 Å². The monoisotopic (exact) mass is 376 g/mol. The van der Waals surface area contributed by atoms with Gasteiger partial charge in [-0.3, -0.25) is 4.98 Å². The average Bonchev–Trinajstić information content (AvgIpc) is 3.16. The molecular formula is C21H24N6O. The standard InChI is InChI=1S/C21H24N6O/c1-28-19-14-27(20-7-10-24-21(22)26-20)13-18(19)25-12-15-3-2-4-17(11-15)16-5-8-23-9-6-16/h2-11,18-19,25H,12-14H2,1H3,(H2,22,24,26)/t18-,19+/m0/s1. The molecule has 0 saturated carbocycles. The number of methoxy groups -OCH3 is 1. The largest absolute Gasteiger partial charge is 0.378 e. The van der Waals surface area contributed by atoms with E-state index in [-0.39, 0.29) is 18.1 Å². The molecule has 0 radical (unpaired) electrons. The second-order valence-corrected chi connectivity index (χ2v) is 6.88. The van der Waals surface area contributed by atoms with Crippen molar-refractivity contribution in [3.63, 3.8) is 0 Å². The van der Waals surface area contributed by atoms with Gasteiger partial charge in [0, 0.05) is 45.3 Å². The third-order valence-electron chi connectivity index (χ3n) is 5.06. The van der Waals surface area contributed by atoms with E-state index in [0.29, 0.717) is 0 Å². The van der Waals surface area contributed by atoms with E-state index in [1.54, 1.807) is 13.3 Å². The summed E-state index contributed by atoms with van der Waals surface area (Å²) in [5, 5.41) is 3.64. The van der Waals surface area contributed by atoms with E-state index in [1.807, 2.05) is 30.6 Å². The number of ether oxygens (including phenoxy) is 1. The molecule has 4 rings (SSSR count). The molecule has 144 valence electrons. The predicted molar refractivity (Wildman–Crippen MR) is 110 cm³/mol. The van der Waals surface area contributed by atoms with Gasteiger partial charge in [0.25, 0.3) is 0 Å². The summed E-state index contributed by atoms with van der Waals surface area (Å²) in [6.07, 6.45) is 5.40. The van der Waals surface area contributed by atoms with Crippen LogP contribution in [0.3, 0.4) is 0 Å². The average molecular weight is 376 g/mol. The minimum Gasteiger partial charge on any atom is -0.378 e. The first-order chi connectivity index (χ1) is 13.7. The van der Waals surface area contributed by atoms with Crippen LogP contribution in [-0.2, 0) is 11.3 Å². The number of aromatic nitrogens is 3. The lowest BCUT2D eigenvalue weighted by Gasteiger charge is -2.18. The zero-order chi connectivity index (χ0) is 19.3. The highest BCUT2D eigenvalue weighted by Crippen LogP contribution is 2.22. The molecule has 0 unspecified atom stereocenters. The van der Waals surface area contributed by atoms with Crippen molar-refractivity contribution in [1.29, 1.82) is 0 Å². The van der Waals surface area contributed by atoms with Crippen molar-refractivity contribution in [3.8, 4) is 11.1 Å². The second kappa shape index (κ2) is 8.33. The quantitative estimate of drug-likeness (QED) is 0.681. The van der Waals surface area contributed by atoms with Crippen molar-refractivity contribution in [3.05, 3.63) is 66.6 Å². The lowest BCUT2D eigenvalue weighted by Crippen LogP contribution is -2.39. The molecular weight excluding hydrogens is 352 g/mol. The first kappa shape index (κ1) is 18.3. The molecule has 0 spiro atoms. The highest BCUT2D eigenvalue weighted by molar-refractivity contribution is 5.63. The Morgan fingerprint density at radius 2 is 1.96 bits per heavy atom. The van der Waals surface area contributed by atoms with E-state index in [4.69, 9.17) is 10.5 Å². The van der Waals surface area contributed by atoms with Crippen LogP contribution in [0, 0.1) is 0 Å². The van der Waals surface area contributed by atoms with Crippen LogP contribution in [0.15, 0.2) is 61.1 Å². The number of pyridine rings is 1. The fourth-order valence-electron chi connectivity index (χ4n) is 3.59. The first-order valence-corrected chi connectivity index (χ1v) is 9.32. The first-order valence-electron chi connectivity index (χ1n) is 9.32. The molecule has 2 aromatic heterocycles. The van der Waals surface area contributed by atoms with Crippen LogP contribution in [-0.4, -0.2) is 47.3 Å². The predicted octanol–water partition coefficient (Wildman–Crippen LogP) is 2.11. The van der Waals surface area contributed by atoms with Crippen molar-refractivity contribution < 1.29 is 4.74 Å². The van der Waals surface area contributed by atoms with Crippen molar-refractivity contribution >= 4 is 11.8 Å². The Labute approximate surface area is 164 Å². The van der Waals surface area contributed by atoms with E-state index in [2.05, 4.69) is 49.4 Å². The molecule has 1 aliphatic heterocycles. The minimum atomic E-state index is 0.0829. The summed E-state index contributed by atoms with van der Waals surface area (Å²) in [7, 11) is 1.75. The number of nitrogen functional groups attached to an aromatic ring is 1. The van der Waals surface area contributed by atoms with Crippen LogP contribution in [0.2, 0.25) is 0 Å². The van der Waals surface area contributed by atoms with Crippen molar-refractivity contribution in [2.45, 2.75) is 18.7 Å². The Balaban J connectivity index is 1.43. The molecule has 3 aromatic rings. The van der Waals surface area contributed by atoms with E-state index in [9.17, 15) is 0 Å². The van der Waals surface area contributed by atoms with Gasteiger partial charge in [0.1, 0.15) is 5.82 Å². The number of rotatable bonds is 6. The lowest BCUT2D eigenvalue weighted by molar-refractivity contribution is 0.0967. The van der Waals surface area contributed by atoms with E-state index < -0.39 is 0 Å². The molecule has 1 saturated heterocycles.